The number of carbonyl (C=O) groups excluding carboxylic acids is 1. The minimum atomic E-state index is -0.273. The van der Waals surface area contributed by atoms with Crippen LogP contribution in [0.5, 0.6) is 0 Å². The van der Waals surface area contributed by atoms with Gasteiger partial charge in [-0.25, -0.2) is 0 Å². The van der Waals surface area contributed by atoms with Crippen LogP contribution >= 0.6 is 24.0 Å². The van der Waals surface area contributed by atoms with Crippen LogP contribution in [0.3, 0.4) is 0 Å². The molecule has 3 fully saturated rings. The van der Waals surface area contributed by atoms with E-state index in [0.717, 1.165) is 43.5 Å². The van der Waals surface area contributed by atoms with E-state index in [9.17, 15) is 14.9 Å². The highest BCUT2D eigenvalue weighted by Gasteiger charge is 2.38. The van der Waals surface area contributed by atoms with Crippen LogP contribution in [0, 0.1) is 18.3 Å². The summed E-state index contributed by atoms with van der Waals surface area (Å²) < 4.78 is 7.84. The lowest BCUT2D eigenvalue weighted by Gasteiger charge is -2.33. The molecule has 1 amide bonds. The summed E-state index contributed by atoms with van der Waals surface area (Å²) in [7, 11) is 0. The molecule has 0 spiro atoms. The molecule has 3 aliphatic rings. The number of hydrogen-bond donors (Lipinski definition) is 0. The van der Waals surface area contributed by atoms with Crippen molar-refractivity contribution >= 4 is 46.1 Å². The molecular weight excluding hydrogens is 456 g/mol. The number of ether oxygens (including phenoxy) is 1. The van der Waals surface area contributed by atoms with Gasteiger partial charge in [-0.2, -0.15) is 5.26 Å². The Labute approximate surface area is 204 Å². The summed E-state index contributed by atoms with van der Waals surface area (Å²) in [5, 5.41) is 9.77. The maximum absolute atomic E-state index is 13.4. The van der Waals surface area contributed by atoms with Gasteiger partial charge in [0.15, 0.2) is 0 Å². The van der Waals surface area contributed by atoms with Crippen LogP contribution < -0.4 is 10.5 Å². The molecule has 2 aliphatic heterocycles. The van der Waals surface area contributed by atoms with Gasteiger partial charge in [-0.15, -0.1) is 0 Å². The van der Waals surface area contributed by atoms with Crippen molar-refractivity contribution in [2.45, 2.75) is 65.0 Å². The van der Waals surface area contributed by atoms with E-state index >= 15 is 0 Å². The maximum Gasteiger partial charge on any atom is 0.270 e. The van der Waals surface area contributed by atoms with E-state index in [1.165, 1.54) is 18.2 Å². The minimum Gasteiger partial charge on any atom is -0.378 e. The van der Waals surface area contributed by atoms with Gasteiger partial charge in [0.05, 0.1) is 18.1 Å². The summed E-state index contributed by atoms with van der Waals surface area (Å²) in [6, 6.07) is 2.27. The van der Waals surface area contributed by atoms with Gasteiger partial charge in [0.1, 0.15) is 21.8 Å². The summed E-state index contributed by atoms with van der Waals surface area (Å²) in [6.07, 6.45) is 8.03. The summed E-state index contributed by atoms with van der Waals surface area (Å²) in [6.45, 7) is 6.76. The van der Waals surface area contributed by atoms with Gasteiger partial charge in [-0.1, -0.05) is 50.2 Å². The Kier molecular flexibility index (Phi) is 7.57. The van der Waals surface area contributed by atoms with Crippen LogP contribution in [0.25, 0.3) is 6.08 Å². The highest BCUT2D eigenvalue weighted by atomic mass is 32.2. The smallest absolute Gasteiger partial charge is 0.270 e. The number of amides is 1. The van der Waals surface area contributed by atoms with Crippen LogP contribution in [-0.2, 0) is 16.1 Å². The third-order valence-corrected chi connectivity index (χ3v) is 7.97. The van der Waals surface area contributed by atoms with Crippen molar-refractivity contribution in [3.05, 3.63) is 31.9 Å². The topological polar surface area (TPSA) is 78.6 Å². The van der Waals surface area contributed by atoms with Crippen LogP contribution in [0.15, 0.2) is 9.70 Å². The fourth-order valence-corrected chi connectivity index (χ4v) is 6.34. The predicted octanol–water partition coefficient (Wildman–Crippen LogP) is 3.81. The number of pyridine rings is 1. The van der Waals surface area contributed by atoms with E-state index in [-0.39, 0.29) is 23.1 Å². The number of anilines is 1. The van der Waals surface area contributed by atoms with E-state index in [4.69, 9.17) is 17.0 Å². The first-order valence-corrected chi connectivity index (χ1v) is 13.0. The lowest BCUT2D eigenvalue weighted by Crippen LogP contribution is -2.41. The first kappa shape index (κ1) is 24.0. The summed E-state index contributed by atoms with van der Waals surface area (Å²) >= 11 is 6.94. The third kappa shape index (κ3) is 4.61. The first-order chi connectivity index (χ1) is 16.0. The molecule has 7 nitrogen and oxygen atoms in total. The number of aromatic nitrogens is 1. The number of thiocarbonyl (C=S) groups is 1. The summed E-state index contributed by atoms with van der Waals surface area (Å²) in [4.78, 5) is 31.1. The zero-order valence-electron chi connectivity index (χ0n) is 19.3. The molecule has 4 rings (SSSR count). The van der Waals surface area contributed by atoms with Crippen molar-refractivity contribution in [3.8, 4) is 6.07 Å². The van der Waals surface area contributed by atoms with Crippen molar-refractivity contribution in [2.24, 2.45) is 0 Å². The first-order valence-electron chi connectivity index (χ1n) is 11.7. The molecule has 9 heteroatoms. The Bertz CT molecular complexity index is 1080. The monoisotopic (exact) mass is 486 g/mol. The van der Waals surface area contributed by atoms with Gasteiger partial charge >= 0.3 is 0 Å². The zero-order chi connectivity index (χ0) is 23.5. The Morgan fingerprint density at radius 1 is 1.21 bits per heavy atom. The van der Waals surface area contributed by atoms with E-state index in [2.05, 4.69) is 11.0 Å². The molecule has 0 radical (unpaired) electrons. The van der Waals surface area contributed by atoms with Crippen molar-refractivity contribution < 1.29 is 9.53 Å². The SMILES string of the molecule is CCCn1c(N2CCOCC2)c(/C=C2\SC(=S)N(C3CCCCC3)C2=O)c(C)c(C#N)c1=O. The van der Waals surface area contributed by atoms with Crippen LogP contribution in [0.2, 0.25) is 0 Å². The van der Waals surface area contributed by atoms with Gasteiger partial charge < -0.3 is 9.64 Å². The number of nitriles is 1. The molecule has 0 atom stereocenters. The van der Waals surface area contributed by atoms with E-state index in [0.29, 0.717) is 47.6 Å². The second-order valence-corrected chi connectivity index (χ2v) is 10.4. The largest absolute Gasteiger partial charge is 0.378 e. The fraction of sp³-hybridized carbons (Fsp3) is 0.583. The van der Waals surface area contributed by atoms with Gasteiger partial charge in [-0.05, 0) is 37.8 Å². The molecule has 1 saturated carbocycles. The lowest BCUT2D eigenvalue weighted by atomic mass is 9.94. The predicted molar refractivity (Wildman–Crippen MR) is 135 cm³/mol. The number of morpholine rings is 1. The van der Waals surface area contributed by atoms with Crippen molar-refractivity contribution in [2.75, 3.05) is 31.2 Å². The minimum absolute atomic E-state index is 0.0593. The van der Waals surface area contributed by atoms with E-state index < -0.39 is 0 Å². The van der Waals surface area contributed by atoms with Crippen LogP contribution in [0.4, 0.5) is 5.82 Å². The molecule has 176 valence electrons. The maximum atomic E-state index is 13.4. The van der Waals surface area contributed by atoms with Gasteiger partial charge in [0.2, 0.25) is 0 Å². The quantitative estimate of drug-likeness (QED) is 0.463. The van der Waals surface area contributed by atoms with Gasteiger partial charge in [-0.3, -0.25) is 19.1 Å². The van der Waals surface area contributed by atoms with E-state index in [1.807, 2.05) is 13.0 Å². The Balaban J connectivity index is 1.84. The Hall–Kier alpha value is -2.15. The molecule has 1 aliphatic carbocycles. The number of carbonyl (C=O) groups is 1. The van der Waals surface area contributed by atoms with Crippen LogP contribution in [0.1, 0.15) is 62.1 Å². The molecule has 0 bridgehead atoms. The number of hydrogen-bond acceptors (Lipinski definition) is 7. The van der Waals surface area contributed by atoms with Crippen LogP contribution in [-0.4, -0.2) is 52.0 Å². The van der Waals surface area contributed by atoms with E-state index in [1.54, 1.807) is 16.4 Å². The highest BCUT2D eigenvalue weighted by Crippen LogP contribution is 2.39. The Morgan fingerprint density at radius 2 is 1.91 bits per heavy atom. The number of nitrogens with zero attached hydrogens (tertiary/aromatic N) is 4. The lowest BCUT2D eigenvalue weighted by molar-refractivity contribution is -0.124. The average Bonchev–Trinajstić information content (AvgIpc) is 3.11. The second-order valence-electron chi connectivity index (χ2n) is 8.75. The molecule has 0 aromatic carbocycles. The van der Waals surface area contributed by atoms with Gasteiger partial charge in [0, 0.05) is 31.2 Å². The fourth-order valence-electron chi connectivity index (χ4n) is 4.96. The van der Waals surface area contributed by atoms with Gasteiger partial charge in [0.25, 0.3) is 11.5 Å². The van der Waals surface area contributed by atoms with Crippen molar-refractivity contribution in [1.82, 2.24) is 9.47 Å². The average molecular weight is 487 g/mol. The molecule has 1 aromatic rings. The molecule has 0 unspecified atom stereocenters. The summed E-state index contributed by atoms with van der Waals surface area (Å²) in [5.74, 6) is 0.709. The Morgan fingerprint density at radius 3 is 2.55 bits per heavy atom. The van der Waals surface area contributed by atoms with Crippen molar-refractivity contribution in [3.63, 3.8) is 0 Å². The molecule has 33 heavy (non-hydrogen) atoms. The highest BCUT2D eigenvalue weighted by molar-refractivity contribution is 8.26. The molecule has 0 N–H and O–H groups in total. The summed E-state index contributed by atoms with van der Waals surface area (Å²) in [5.41, 5.74) is 1.23. The normalized spacial score (nSPS) is 21.2. The molecular formula is C24H30N4O3S2. The number of rotatable bonds is 5. The second kappa shape index (κ2) is 10.4. The number of thioether (sulfide) groups is 1. The van der Waals surface area contributed by atoms with Crippen molar-refractivity contribution in [1.29, 1.82) is 5.26 Å². The molecule has 2 saturated heterocycles. The molecule has 3 heterocycles. The standard InChI is InChI=1S/C24H30N4O3S2/c1-3-9-27-21(26-10-12-31-13-11-26)18(16(2)19(15-25)22(27)29)14-20-23(30)28(24(32)33-20)17-7-5-4-6-8-17/h14,17H,3-13H2,1-2H3/b20-14-. The third-order valence-electron chi connectivity index (χ3n) is 6.64. The zero-order valence-corrected chi connectivity index (χ0v) is 20.9. The molecule has 1 aromatic heterocycles.